The SMILES string of the molecule is Cc1nccc2ncc(CCCN3CCCCCC3)cc12. The van der Waals surface area contributed by atoms with Crippen molar-refractivity contribution in [1.29, 1.82) is 0 Å². The van der Waals surface area contributed by atoms with Gasteiger partial charge in [0.2, 0.25) is 0 Å². The first-order valence-electron chi connectivity index (χ1n) is 8.25. The summed E-state index contributed by atoms with van der Waals surface area (Å²) in [6.07, 6.45) is 11.8. The molecule has 0 aromatic carbocycles. The van der Waals surface area contributed by atoms with Crippen molar-refractivity contribution in [2.24, 2.45) is 0 Å². The predicted octanol–water partition coefficient (Wildman–Crippen LogP) is 3.75. The van der Waals surface area contributed by atoms with Crippen LogP contribution in [-0.2, 0) is 6.42 Å². The summed E-state index contributed by atoms with van der Waals surface area (Å²) in [6.45, 7) is 5.87. The van der Waals surface area contributed by atoms with Crippen LogP contribution in [0.1, 0.15) is 43.4 Å². The Morgan fingerprint density at radius 2 is 1.90 bits per heavy atom. The zero-order valence-electron chi connectivity index (χ0n) is 13.0. The maximum atomic E-state index is 4.57. The molecule has 1 aliphatic heterocycles. The average molecular weight is 283 g/mol. The van der Waals surface area contributed by atoms with E-state index < -0.39 is 0 Å². The van der Waals surface area contributed by atoms with Crippen LogP contribution in [0.5, 0.6) is 0 Å². The number of hydrogen-bond donors (Lipinski definition) is 0. The molecule has 0 bridgehead atoms. The van der Waals surface area contributed by atoms with Gasteiger partial charge in [-0.25, -0.2) is 0 Å². The summed E-state index contributed by atoms with van der Waals surface area (Å²) in [5, 5.41) is 1.20. The molecule has 21 heavy (non-hydrogen) atoms. The average Bonchev–Trinajstić information content (AvgIpc) is 2.77. The summed E-state index contributed by atoms with van der Waals surface area (Å²) in [4.78, 5) is 11.6. The van der Waals surface area contributed by atoms with Crippen molar-refractivity contribution in [2.45, 2.75) is 45.4 Å². The van der Waals surface area contributed by atoms with Gasteiger partial charge in [-0.05, 0) is 69.9 Å². The van der Waals surface area contributed by atoms with Gasteiger partial charge >= 0.3 is 0 Å². The maximum Gasteiger partial charge on any atom is 0.0735 e. The van der Waals surface area contributed by atoms with Crippen molar-refractivity contribution in [3.8, 4) is 0 Å². The Labute approximate surface area is 127 Å². The van der Waals surface area contributed by atoms with Crippen LogP contribution in [0, 0.1) is 6.92 Å². The summed E-state index contributed by atoms with van der Waals surface area (Å²) < 4.78 is 0. The summed E-state index contributed by atoms with van der Waals surface area (Å²) in [7, 11) is 0. The van der Waals surface area contributed by atoms with E-state index in [-0.39, 0.29) is 0 Å². The lowest BCUT2D eigenvalue weighted by molar-refractivity contribution is 0.281. The molecule has 1 aliphatic rings. The van der Waals surface area contributed by atoms with Gasteiger partial charge in [0.1, 0.15) is 0 Å². The number of pyridine rings is 2. The quantitative estimate of drug-likeness (QED) is 0.856. The second kappa shape index (κ2) is 6.99. The Morgan fingerprint density at radius 1 is 1.10 bits per heavy atom. The van der Waals surface area contributed by atoms with Gasteiger partial charge in [0.05, 0.1) is 5.52 Å². The fourth-order valence-corrected chi connectivity index (χ4v) is 3.23. The fraction of sp³-hybridized carbons (Fsp3) is 0.556. The van der Waals surface area contributed by atoms with Crippen molar-refractivity contribution >= 4 is 10.9 Å². The molecule has 0 radical (unpaired) electrons. The summed E-state index contributed by atoms with van der Waals surface area (Å²) in [6, 6.07) is 4.26. The van der Waals surface area contributed by atoms with Gasteiger partial charge in [0.25, 0.3) is 0 Å². The minimum atomic E-state index is 1.05. The van der Waals surface area contributed by atoms with Crippen LogP contribution in [0.2, 0.25) is 0 Å². The first kappa shape index (κ1) is 14.5. The minimum absolute atomic E-state index is 1.05. The lowest BCUT2D eigenvalue weighted by Gasteiger charge is -2.19. The molecule has 0 amide bonds. The number of likely N-dealkylation sites (tertiary alicyclic amines) is 1. The van der Waals surface area contributed by atoms with E-state index in [4.69, 9.17) is 0 Å². The van der Waals surface area contributed by atoms with Gasteiger partial charge in [-0.3, -0.25) is 9.97 Å². The van der Waals surface area contributed by atoms with E-state index in [0.717, 1.165) is 17.6 Å². The zero-order chi connectivity index (χ0) is 14.5. The van der Waals surface area contributed by atoms with Crippen LogP contribution in [0.25, 0.3) is 10.9 Å². The Hall–Kier alpha value is -1.48. The Balaban J connectivity index is 1.58. The molecule has 112 valence electrons. The number of aromatic nitrogens is 2. The molecular formula is C18H25N3. The molecule has 1 fully saturated rings. The van der Waals surface area contributed by atoms with E-state index in [9.17, 15) is 0 Å². The molecule has 3 heterocycles. The summed E-state index contributed by atoms with van der Waals surface area (Å²) >= 11 is 0. The zero-order valence-corrected chi connectivity index (χ0v) is 13.0. The first-order chi connectivity index (χ1) is 10.3. The molecule has 0 aliphatic carbocycles. The molecular weight excluding hydrogens is 258 g/mol. The normalized spacial score (nSPS) is 17.0. The maximum absolute atomic E-state index is 4.57. The van der Waals surface area contributed by atoms with Crippen LogP contribution >= 0.6 is 0 Å². The van der Waals surface area contributed by atoms with Crippen LogP contribution in [-0.4, -0.2) is 34.5 Å². The molecule has 1 saturated heterocycles. The molecule has 3 rings (SSSR count). The third kappa shape index (κ3) is 3.79. The van der Waals surface area contributed by atoms with Crippen LogP contribution in [0.15, 0.2) is 24.5 Å². The lowest BCUT2D eigenvalue weighted by Crippen LogP contribution is -2.26. The molecule has 0 N–H and O–H groups in total. The van der Waals surface area contributed by atoms with Crippen molar-refractivity contribution in [1.82, 2.24) is 14.9 Å². The third-order valence-corrected chi connectivity index (χ3v) is 4.50. The number of rotatable bonds is 4. The minimum Gasteiger partial charge on any atom is -0.303 e. The number of hydrogen-bond acceptors (Lipinski definition) is 3. The molecule has 3 nitrogen and oxygen atoms in total. The molecule has 3 heteroatoms. The van der Waals surface area contributed by atoms with Gasteiger partial charge in [-0.15, -0.1) is 0 Å². The number of nitrogens with zero attached hydrogens (tertiary/aromatic N) is 3. The smallest absolute Gasteiger partial charge is 0.0735 e. The van der Waals surface area contributed by atoms with E-state index in [1.807, 2.05) is 18.5 Å². The fourth-order valence-electron chi connectivity index (χ4n) is 3.23. The molecule has 2 aromatic heterocycles. The molecule has 0 saturated carbocycles. The van der Waals surface area contributed by atoms with Crippen molar-refractivity contribution in [3.05, 3.63) is 35.8 Å². The van der Waals surface area contributed by atoms with E-state index >= 15 is 0 Å². The molecule has 0 spiro atoms. The standard InChI is InChI=1S/C18H25N3/c1-15-17-13-16(14-20-18(17)8-9-19-15)7-6-12-21-10-4-2-3-5-11-21/h8-9,13-14H,2-7,10-12H2,1H3. The van der Waals surface area contributed by atoms with E-state index in [2.05, 4.69) is 27.9 Å². The van der Waals surface area contributed by atoms with E-state index in [0.29, 0.717) is 0 Å². The third-order valence-electron chi connectivity index (χ3n) is 4.50. The van der Waals surface area contributed by atoms with Gasteiger partial charge in [0.15, 0.2) is 0 Å². The van der Waals surface area contributed by atoms with Gasteiger partial charge < -0.3 is 4.90 Å². The molecule has 0 atom stereocenters. The van der Waals surface area contributed by atoms with Gasteiger partial charge in [-0.2, -0.15) is 0 Å². The van der Waals surface area contributed by atoms with Crippen LogP contribution < -0.4 is 0 Å². The van der Waals surface area contributed by atoms with Crippen LogP contribution in [0.4, 0.5) is 0 Å². The highest BCUT2D eigenvalue weighted by atomic mass is 15.1. The summed E-state index contributed by atoms with van der Waals surface area (Å²) in [5.74, 6) is 0. The topological polar surface area (TPSA) is 29.0 Å². The first-order valence-corrected chi connectivity index (χ1v) is 8.25. The predicted molar refractivity (Wildman–Crippen MR) is 87.5 cm³/mol. The molecule has 2 aromatic rings. The Bertz CT molecular complexity index is 586. The van der Waals surface area contributed by atoms with Gasteiger partial charge in [0, 0.05) is 23.5 Å². The highest BCUT2D eigenvalue weighted by Gasteiger charge is 2.08. The number of aryl methyl sites for hydroxylation is 2. The van der Waals surface area contributed by atoms with E-state index in [1.165, 1.54) is 62.7 Å². The summed E-state index contributed by atoms with van der Waals surface area (Å²) in [5.41, 5.74) is 3.47. The Kier molecular flexibility index (Phi) is 4.81. The van der Waals surface area contributed by atoms with E-state index in [1.54, 1.807) is 0 Å². The largest absolute Gasteiger partial charge is 0.303 e. The van der Waals surface area contributed by atoms with Crippen molar-refractivity contribution < 1.29 is 0 Å². The highest BCUT2D eigenvalue weighted by molar-refractivity contribution is 5.80. The Morgan fingerprint density at radius 3 is 2.71 bits per heavy atom. The van der Waals surface area contributed by atoms with Crippen molar-refractivity contribution in [2.75, 3.05) is 19.6 Å². The van der Waals surface area contributed by atoms with Crippen molar-refractivity contribution in [3.63, 3.8) is 0 Å². The van der Waals surface area contributed by atoms with Crippen LogP contribution in [0.3, 0.4) is 0 Å². The molecule has 0 unspecified atom stereocenters. The highest BCUT2D eigenvalue weighted by Crippen LogP contribution is 2.17. The number of fused-ring (bicyclic) bond motifs is 1. The lowest BCUT2D eigenvalue weighted by atomic mass is 10.1. The monoisotopic (exact) mass is 283 g/mol. The second-order valence-electron chi connectivity index (χ2n) is 6.17. The van der Waals surface area contributed by atoms with Gasteiger partial charge in [-0.1, -0.05) is 12.8 Å². The second-order valence-corrected chi connectivity index (χ2v) is 6.17.